The Morgan fingerprint density at radius 1 is 1.06 bits per heavy atom. The van der Waals surface area contributed by atoms with Gasteiger partial charge < -0.3 is 5.32 Å². The van der Waals surface area contributed by atoms with Crippen LogP contribution in [-0.2, 0) is 0 Å². The van der Waals surface area contributed by atoms with E-state index in [4.69, 9.17) is 0 Å². The molecule has 0 aromatic heterocycles. The van der Waals surface area contributed by atoms with E-state index in [2.05, 4.69) is 11.9 Å². The van der Waals surface area contributed by atoms with Gasteiger partial charge in [0, 0.05) is 24.1 Å². The molecule has 0 saturated heterocycles. The topological polar surface area (TPSA) is 12.0 Å². The van der Waals surface area contributed by atoms with Crippen LogP contribution < -0.4 is 5.32 Å². The van der Waals surface area contributed by atoms with Crippen molar-refractivity contribution in [2.24, 2.45) is 23.7 Å². The van der Waals surface area contributed by atoms with Crippen LogP contribution in [0.5, 0.6) is 0 Å². The monoisotopic (exact) mass is 251 g/mol. The van der Waals surface area contributed by atoms with Crippen LogP contribution in [0.3, 0.4) is 0 Å². The Labute approximate surface area is 110 Å². The number of hydrogen-bond acceptors (Lipinski definition) is 2. The van der Waals surface area contributed by atoms with Gasteiger partial charge in [0.2, 0.25) is 0 Å². The van der Waals surface area contributed by atoms with Crippen molar-refractivity contribution >= 4 is 11.8 Å². The van der Waals surface area contributed by atoms with Crippen molar-refractivity contribution in [1.29, 1.82) is 0 Å². The lowest BCUT2D eigenvalue weighted by Crippen LogP contribution is -2.54. The van der Waals surface area contributed by atoms with E-state index in [0.717, 1.165) is 35.5 Å². The lowest BCUT2D eigenvalue weighted by Gasteiger charge is -2.54. The fourth-order valence-corrected chi connectivity index (χ4v) is 5.32. The first-order valence-electron chi connectivity index (χ1n) is 7.29. The summed E-state index contributed by atoms with van der Waals surface area (Å²) in [6, 6.07) is 0.868. The van der Waals surface area contributed by atoms with Gasteiger partial charge in [-0.25, -0.2) is 0 Å². The highest BCUT2D eigenvalue weighted by Gasteiger charge is 2.47. The van der Waals surface area contributed by atoms with Crippen LogP contribution in [0.1, 0.15) is 32.1 Å². The largest absolute Gasteiger partial charge is 0.313 e. The summed E-state index contributed by atoms with van der Waals surface area (Å²) in [4.78, 5) is 0. The average molecular weight is 251 g/mol. The molecule has 0 radical (unpaired) electrons. The molecule has 4 aliphatic rings. The lowest BCUT2D eigenvalue weighted by atomic mass is 9.54. The standard InChI is InChI=1S/C15H25NS/c1-2-4-17-5-3-16-15-13-7-11-6-12(9-13)10-14(15)8-11/h2,11-16H,1,3-10H2. The molecule has 0 heterocycles. The second-order valence-corrected chi connectivity index (χ2v) is 7.42. The molecule has 0 aromatic carbocycles. The van der Waals surface area contributed by atoms with Crippen molar-refractivity contribution < 1.29 is 0 Å². The summed E-state index contributed by atoms with van der Waals surface area (Å²) in [6.07, 6.45) is 9.70. The summed E-state index contributed by atoms with van der Waals surface area (Å²) in [7, 11) is 0. The van der Waals surface area contributed by atoms with E-state index in [1.165, 1.54) is 38.0 Å². The van der Waals surface area contributed by atoms with Crippen molar-refractivity contribution in [2.75, 3.05) is 18.1 Å². The Balaban J connectivity index is 1.46. The Bertz CT molecular complexity index is 248. The Morgan fingerprint density at radius 3 is 2.29 bits per heavy atom. The second kappa shape index (κ2) is 5.36. The summed E-state index contributed by atoms with van der Waals surface area (Å²) in [5.41, 5.74) is 0. The minimum absolute atomic E-state index is 0.868. The lowest BCUT2D eigenvalue weighted by molar-refractivity contribution is -0.0128. The maximum atomic E-state index is 3.87. The van der Waals surface area contributed by atoms with Gasteiger partial charge in [-0.3, -0.25) is 0 Å². The molecule has 4 aliphatic carbocycles. The van der Waals surface area contributed by atoms with Crippen molar-refractivity contribution in [3.05, 3.63) is 12.7 Å². The molecule has 0 aromatic rings. The molecule has 4 bridgehead atoms. The van der Waals surface area contributed by atoms with Gasteiger partial charge in [-0.15, -0.1) is 6.58 Å². The number of nitrogens with one attached hydrogen (secondary N) is 1. The van der Waals surface area contributed by atoms with E-state index in [-0.39, 0.29) is 0 Å². The summed E-state index contributed by atoms with van der Waals surface area (Å²) >= 11 is 2.00. The van der Waals surface area contributed by atoms with Crippen LogP contribution in [0.4, 0.5) is 0 Å². The summed E-state index contributed by atoms with van der Waals surface area (Å²) in [5, 5.41) is 3.87. The molecular formula is C15H25NS. The van der Waals surface area contributed by atoms with E-state index in [1.54, 1.807) is 6.42 Å². The zero-order valence-corrected chi connectivity index (χ0v) is 11.6. The van der Waals surface area contributed by atoms with E-state index >= 15 is 0 Å². The smallest absolute Gasteiger partial charge is 0.0124 e. The van der Waals surface area contributed by atoms with E-state index in [9.17, 15) is 0 Å². The summed E-state index contributed by atoms with van der Waals surface area (Å²) in [6.45, 7) is 4.97. The third-order valence-corrected chi connectivity index (χ3v) is 6.05. The van der Waals surface area contributed by atoms with Crippen molar-refractivity contribution in [3.63, 3.8) is 0 Å². The average Bonchev–Trinajstić information content (AvgIpc) is 2.31. The highest BCUT2D eigenvalue weighted by Crippen LogP contribution is 2.53. The quantitative estimate of drug-likeness (QED) is 0.574. The fourth-order valence-electron chi connectivity index (χ4n) is 4.72. The molecule has 0 unspecified atom stereocenters. The van der Waals surface area contributed by atoms with Gasteiger partial charge in [-0.2, -0.15) is 11.8 Å². The molecule has 4 fully saturated rings. The Hall–Kier alpha value is 0.0500. The molecule has 0 atom stereocenters. The third-order valence-electron chi connectivity index (χ3n) is 5.09. The highest BCUT2D eigenvalue weighted by molar-refractivity contribution is 7.99. The van der Waals surface area contributed by atoms with Gasteiger partial charge in [-0.05, 0) is 55.8 Å². The highest BCUT2D eigenvalue weighted by atomic mass is 32.2. The molecule has 0 spiro atoms. The first kappa shape index (κ1) is 12.1. The maximum absolute atomic E-state index is 3.87. The van der Waals surface area contributed by atoms with Crippen LogP contribution >= 0.6 is 11.8 Å². The zero-order chi connectivity index (χ0) is 11.7. The molecule has 1 nitrogen and oxygen atoms in total. The number of thioether (sulfide) groups is 1. The number of hydrogen-bond donors (Lipinski definition) is 1. The molecule has 1 N–H and O–H groups in total. The SMILES string of the molecule is C=CCSCCNC1C2CC3CC(C2)CC1C3. The van der Waals surface area contributed by atoms with E-state index < -0.39 is 0 Å². The molecule has 96 valence electrons. The molecule has 4 saturated carbocycles. The predicted molar refractivity (Wildman–Crippen MR) is 76.4 cm³/mol. The van der Waals surface area contributed by atoms with Crippen LogP contribution in [0, 0.1) is 23.7 Å². The minimum Gasteiger partial charge on any atom is -0.313 e. The van der Waals surface area contributed by atoms with Crippen LogP contribution in [0.25, 0.3) is 0 Å². The van der Waals surface area contributed by atoms with Gasteiger partial charge in [0.05, 0.1) is 0 Å². The van der Waals surface area contributed by atoms with Crippen LogP contribution in [0.2, 0.25) is 0 Å². The molecule has 2 heteroatoms. The first-order valence-corrected chi connectivity index (χ1v) is 8.44. The van der Waals surface area contributed by atoms with Crippen LogP contribution in [-0.4, -0.2) is 24.1 Å². The fraction of sp³-hybridized carbons (Fsp3) is 0.867. The van der Waals surface area contributed by atoms with E-state index in [0.29, 0.717) is 0 Å². The Kier molecular flexibility index (Phi) is 3.81. The molecule has 0 aliphatic heterocycles. The van der Waals surface area contributed by atoms with Crippen molar-refractivity contribution in [2.45, 2.75) is 38.1 Å². The van der Waals surface area contributed by atoms with E-state index in [1.807, 2.05) is 17.8 Å². The normalized spacial score (nSPS) is 42.9. The first-order chi connectivity index (χ1) is 8.36. The third kappa shape index (κ3) is 2.58. The molecular weight excluding hydrogens is 226 g/mol. The Morgan fingerprint density at radius 2 is 1.71 bits per heavy atom. The van der Waals surface area contributed by atoms with Gasteiger partial charge in [-0.1, -0.05) is 6.08 Å². The second-order valence-electron chi connectivity index (χ2n) is 6.27. The molecule has 17 heavy (non-hydrogen) atoms. The zero-order valence-electron chi connectivity index (χ0n) is 10.7. The summed E-state index contributed by atoms with van der Waals surface area (Å²) < 4.78 is 0. The van der Waals surface area contributed by atoms with Crippen molar-refractivity contribution in [3.8, 4) is 0 Å². The summed E-state index contributed by atoms with van der Waals surface area (Å²) in [5.74, 6) is 6.60. The maximum Gasteiger partial charge on any atom is 0.0124 e. The minimum atomic E-state index is 0.868. The molecule has 4 rings (SSSR count). The van der Waals surface area contributed by atoms with Gasteiger partial charge >= 0.3 is 0 Å². The molecule has 0 amide bonds. The van der Waals surface area contributed by atoms with Gasteiger partial charge in [0.15, 0.2) is 0 Å². The van der Waals surface area contributed by atoms with Crippen LogP contribution in [0.15, 0.2) is 12.7 Å². The van der Waals surface area contributed by atoms with Gasteiger partial charge in [0.1, 0.15) is 0 Å². The van der Waals surface area contributed by atoms with Gasteiger partial charge in [0.25, 0.3) is 0 Å². The predicted octanol–water partition coefficient (Wildman–Crippen LogP) is 3.32. The number of rotatable bonds is 6. The van der Waals surface area contributed by atoms with Crippen molar-refractivity contribution in [1.82, 2.24) is 5.32 Å².